The van der Waals surface area contributed by atoms with Gasteiger partial charge in [0, 0.05) is 21.2 Å². The zero-order chi connectivity index (χ0) is 11.1. The Morgan fingerprint density at radius 2 is 1.44 bits per heavy atom. The van der Waals surface area contributed by atoms with E-state index in [0.29, 0.717) is 0 Å². The monoisotopic (exact) mass is 246 g/mol. The molecule has 3 aromatic rings. The van der Waals surface area contributed by atoms with Gasteiger partial charge in [-0.3, -0.25) is 0 Å². The summed E-state index contributed by atoms with van der Waals surface area (Å²) in [5.74, 6) is 0. The molecule has 0 saturated heterocycles. The molecule has 0 saturated carbocycles. The molecule has 0 aromatic heterocycles. The topological polar surface area (TPSA) is 0 Å². The summed E-state index contributed by atoms with van der Waals surface area (Å²) >= 11 is 12.6. The smallest absolute Gasteiger partial charge is 0.0563 e. The fraction of sp³-hybridized carbons (Fsp3) is 0. The molecule has 0 radical (unpaired) electrons. The van der Waals surface area contributed by atoms with Gasteiger partial charge < -0.3 is 0 Å². The third-order valence-corrected chi connectivity index (χ3v) is 3.52. The second-order valence-corrected chi connectivity index (χ2v) is 4.53. The van der Waals surface area contributed by atoms with Crippen LogP contribution in [0.25, 0.3) is 21.5 Å². The van der Waals surface area contributed by atoms with Crippen LogP contribution in [0.4, 0.5) is 0 Å². The number of rotatable bonds is 0. The number of fused-ring (bicyclic) bond motifs is 2. The molecule has 2 heteroatoms. The predicted octanol–water partition coefficient (Wildman–Crippen LogP) is 5.30. The summed E-state index contributed by atoms with van der Waals surface area (Å²) in [4.78, 5) is 0. The summed E-state index contributed by atoms with van der Waals surface area (Å²) in [5, 5.41) is 5.72. The number of hydrogen-bond acceptors (Lipinski definition) is 0. The largest absolute Gasteiger partial charge is 0.0837 e. The van der Waals surface area contributed by atoms with E-state index in [1.807, 2.05) is 42.5 Å². The van der Waals surface area contributed by atoms with Crippen molar-refractivity contribution in [2.24, 2.45) is 0 Å². The van der Waals surface area contributed by atoms with Crippen LogP contribution in [0, 0.1) is 0 Å². The Morgan fingerprint density at radius 3 is 2.31 bits per heavy atom. The second kappa shape index (κ2) is 3.65. The van der Waals surface area contributed by atoms with Gasteiger partial charge in [0.15, 0.2) is 0 Å². The van der Waals surface area contributed by atoms with Gasteiger partial charge in [-0.15, -0.1) is 0 Å². The molecule has 3 aromatic carbocycles. The van der Waals surface area contributed by atoms with Crippen LogP contribution < -0.4 is 0 Å². The van der Waals surface area contributed by atoms with E-state index in [1.165, 1.54) is 0 Å². The second-order valence-electron chi connectivity index (χ2n) is 3.75. The van der Waals surface area contributed by atoms with Crippen LogP contribution in [0.1, 0.15) is 0 Å². The van der Waals surface area contributed by atoms with Gasteiger partial charge in [0.25, 0.3) is 0 Å². The zero-order valence-corrected chi connectivity index (χ0v) is 9.89. The normalized spacial score (nSPS) is 11.1. The average Bonchev–Trinajstić information content (AvgIpc) is 2.31. The first-order valence-electron chi connectivity index (χ1n) is 5.03. The standard InChI is InChI=1S/C14H8Cl2/c15-13-7-3-6-11-12(13)8-9-4-1-2-5-10(9)14(11)16/h1-8H. The predicted molar refractivity (Wildman–Crippen MR) is 71.5 cm³/mol. The van der Waals surface area contributed by atoms with Crippen LogP contribution in [0.2, 0.25) is 10.0 Å². The summed E-state index contributed by atoms with van der Waals surface area (Å²) in [6.45, 7) is 0. The first-order chi connectivity index (χ1) is 7.77. The van der Waals surface area contributed by atoms with Crippen molar-refractivity contribution in [2.45, 2.75) is 0 Å². The summed E-state index contributed by atoms with van der Waals surface area (Å²) < 4.78 is 0. The lowest BCUT2D eigenvalue weighted by molar-refractivity contribution is 1.76. The van der Waals surface area contributed by atoms with Gasteiger partial charge in [-0.2, -0.15) is 0 Å². The van der Waals surface area contributed by atoms with Gasteiger partial charge in [0.1, 0.15) is 0 Å². The minimum Gasteiger partial charge on any atom is -0.0837 e. The molecule has 0 fully saturated rings. The molecule has 0 bridgehead atoms. The molecule has 0 N–H and O–H groups in total. The molecule has 0 aliphatic rings. The molecule has 3 rings (SSSR count). The maximum atomic E-state index is 6.39. The summed E-state index contributed by atoms with van der Waals surface area (Å²) in [7, 11) is 0. The fourth-order valence-corrected chi connectivity index (χ4v) is 2.56. The molecule has 0 nitrogen and oxygen atoms in total. The van der Waals surface area contributed by atoms with Gasteiger partial charge in [-0.25, -0.2) is 0 Å². The number of halogens is 2. The first-order valence-corrected chi connectivity index (χ1v) is 5.78. The van der Waals surface area contributed by atoms with Gasteiger partial charge in [-0.05, 0) is 17.5 Å². The molecular weight excluding hydrogens is 239 g/mol. The Hall–Kier alpha value is -1.24. The summed E-state index contributed by atoms with van der Waals surface area (Å²) in [6, 6.07) is 15.9. The minimum absolute atomic E-state index is 0.741. The molecule has 16 heavy (non-hydrogen) atoms. The highest BCUT2D eigenvalue weighted by Crippen LogP contribution is 2.35. The highest BCUT2D eigenvalue weighted by atomic mass is 35.5. The van der Waals surface area contributed by atoms with Crippen LogP contribution in [0.5, 0.6) is 0 Å². The maximum Gasteiger partial charge on any atom is 0.0563 e. The Balaban J connectivity index is 2.61. The Morgan fingerprint density at radius 1 is 0.688 bits per heavy atom. The van der Waals surface area contributed by atoms with Crippen LogP contribution in [0.15, 0.2) is 48.5 Å². The van der Waals surface area contributed by atoms with E-state index in [1.54, 1.807) is 0 Å². The quantitative estimate of drug-likeness (QED) is 0.473. The molecule has 0 atom stereocenters. The van der Waals surface area contributed by atoms with E-state index in [4.69, 9.17) is 23.2 Å². The number of hydrogen-bond donors (Lipinski definition) is 0. The fourth-order valence-electron chi connectivity index (χ4n) is 2.00. The molecule has 0 unspecified atom stereocenters. The maximum absolute atomic E-state index is 6.39. The lowest BCUT2D eigenvalue weighted by atomic mass is 10.0. The summed E-state index contributed by atoms with van der Waals surface area (Å²) in [5.41, 5.74) is 0. The van der Waals surface area contributed by atoms with E-state index in [2.05, 4.69) is 6.07 Å². The Kier molecular flexibility index (Phi) is 2.27. The molecule has 0 heterocycles. The Bertz CT molecular complexity index is 687. The van der Waals surface area contributed by atoms with Gasteiger partial charge in [-0.1, -0.05) is 59.6 Å². The SMILES string of the molecule is Clc1cccc2c(Cl)c3ccccc3cc12. The van der Waals surface area contributed by atoms with Crippen molar-refractivity contribution in [2.75, 3.05) is 0 Å². The van der Waals surface area contributed by atoms with E-state index < -0.39 is 0 Å². The average molecular weight is 247 g/mol. The van der Waals surface area contributed by atoms with Gasteiger partial charge in [0.05, 0.1) is 5.02 Å². The highest BCUT2D eigenvalue weighted by Gasteiger charge is 2.06. The molecule has 0 amide bonds. The highest BCUT2D eigenvalue weighted by molar-refractivity contribution is 6.43. The van der Waals surface area contributed by atoms with Gasteiger partial charge in [0.2, 0.25) is 0 Å². The lowest BCUT2D eigenvalue weighted by Crippen LogP contribution is -1.79. The minimum atomic E-state index is 0.741. The molecular formula is C14H8Cl2. The van der Waals surface area contributed by atoms with Gasteiger partial charge >= 0.3 is 0 Å². The molecule has 0 aliphatic heterocycles. The summed E-state index contributed by atoms with van der Waals surface area (Å²) in [6.07, 6.45) is 0. The van der Waals surface area contributed by atoms with Crippen molar-refractivity contribution < 1.29 is 0 Å². The first kappa shape index (κ1) is 9.95. The van der Waals surface area contributed by atoms with Crippen molar-refractivity contribution in [3.63, 3.8) is 0 Å². The molecule has 0 spiro atoms. The van der Waals surface area contributed by atoms with Crippen molar-refractivity contribution in [1.82, 2.24) is 0 Å². The van der Waals surface area contributed by atoms with Crippen molar-refractivity contribution >= 4 is 44.7 Å². The zero-order valence-electron chi connectivity index (χ0n) is 8.37. The van der Waals surface area contributed by atoms with Crippen molar-refractivity contribution in [3.8, 4) is 0 Å². The van der Waals surface area contributed by atoms with E-state index in [9.17, 15) is 0 Å². The molecule has 78 valence electrons. The van der Waals surface area contributed by atoms with E-state index in [0.717, 1.165) is 31.6 Å². The van der Waals surface area contributed by atoms with Crippen molar-refractivity contribution in [1.29, 1.82) is 0 Å². The third kappa shape index (κ3) is 1.38. The van der Waals surface area contributed by atoms with Crippen LogP contribution in [-0.4, -0.2) is 0 Å². The Labute approximate surface area is 103 Å². The number of benzene rings is 3. The lowest BCUT2D eigenvalue weighted by Gasteiger charge is -2.06. The van der Waals surface area contributed by atoms with Crippen molar-refractivity contribution in [3.05, 3.63) is 58.6 Å². The van der Waals surface area contributed by atoms with E-state index in [-0.39, 0.29) is 0 Å². The van der Waals surface area contributed by atoms with Crippen LogP contribution >= 0.6 is 23.2 Å². The van der Waals surface area contributed by atoms with Crippen LogP contribution in [0.3, 0.4) is 0 Å². The van der Waals surface area contributed by atoms with E-state index >= 15 is 0 Å². The molecule has 0 aliphatic carbocycles. The third-order valence-electron chi connectivity index (χ3n) is 2.79. The van der Waals surface area contributed by atoms with Crippen LogP contribution in [-0.2, 0) is 0 Å².